The molecule has 1 aliphatic carbocycles. The van der Waals surface area contributed by atoms with Gasteiger partial charge in [0.25, 0.3) is 0 Å². The van der Waals surface area contributed by atoms with Gasteiger partial charge < -0.3 is 0 Å². The van der Waals surface area contributed by atoms with Crippen molar-refractivity contribution in [3.8, 4) is 0 Å². The van der Waals surface area contributed by atoms with Crippen LogP contribution in [0.3, 0.4) is 0 Å². The van der Waals surface area contributed by atoms with E-state index in [-0.39, 0.29) is 0 Å². The van der Waals surface area contributed by atoms with Crippen molar-refractivity contribution >= 4 is 4.08 Å². The van der Waals surface area contributed by atoms with E-state index < -0.39 is 0 Å². The minimum absolute atomic E-state index is 0.847. The summed E-state index contributed by atoms with van der Waals surface area (Å²) in [6.45, 7) is 22.5. The third kappa shape index (κ3) is 39.4. The summed E-state index contributed by atoms with van der Waals surface area (Å²) in [5.41, 5.74) is 0. The number of hydrogen-bond donors (Lipinski definition) is 0. The number of ether oxygens (including phenoxy) is 1. The van der Waals surface area contributed by atoms with Crippen LogP contribution in [0, 0.1) is 39.2 Å². The Morgan fingerprint density at radius 2 is 1.12 bits per heavy atom. The van der Waals surface area contributed by atoms with Crippen molar-refractivity contribution in [2.45, 2.75) is 12.8 Å². The maximum atomic E-state index is 7.50. The van der Waals surface area contributed by atoms with Gasteiger partial charge in [0.2, 0.25) is 0 Å². The molecule has 0 N–H and O–H groups in total. The van der Waals surface area contributed by atoms with Crippen LogP contribution in [0.25, 0.3) is 0 Å². The maximum absolute atomic E-state index is 7.50. The predicted octanol–water partition coefficient (Wildman–Crippen LogP) is 0.532. The Hall–Kier alpha value is -0.782. The number of hydrogen-bond acceptors (Lipinski definition) is 1. The fourth-order valence-corrected chi connectivity index (χ4v) is 1.33. The van der Waals surface area contributed by atoms with Crippen molar-refractivity contribution in [2.75, 3.05) is 7.11 Å². The molecule has 1 fully saturated rings. The molecule has 0 amide bonds. The van der Waals surface area contributed by atoms with Gasteiger partial charge in [-0.25, -0.2) is 0 Å². The fourth-order valence-electron chi connectivity index (χ4n) is 0.486. The van der Waals surface area contributed by atoms with Gasteiger partial charge >= 0.3 is 111 Å². The van der Waals surface area contributed by atoms with Crippen LogP contribution in [0.5, 0.6) is 0 Å². The molecule has 0 atom stereocenters. The van der Waals surface area contributed by atoms with Crippen LogP contribution in [0.15, 0.2) is 0 Å². The zero-order chi connectivity index (χ0) is 15.3. The van der Waals surface area contributed by atoms with Crippen molar-refractivity contribution in [3.63, 3.8) is 0 Å². The summed E-state index contributed by atoms with van der Waals surface area (Å²) in [4.78, 5) is 0. The van der Waals surface area contributed by atoms with Crippen molar-refractivity contribution in [2.24, 2.45) is 5.92 Å². The summed E-state index contributed by atoms with van der Waals surface area (Å²) in [5, 5.41) is 0. The number of methoxy groups -OCH3 is 1. The molecule has 0 aromatic heterocycles. The molecule has 6 nitrogen and oxygen atoms in total. The van der Waals surface area contributed by atoms with Gasteiger partial charge in [0, 0.05) is 0 Å². The Morgan fingerprint density at radius 1 is 0.882 bits per heavy atom. The summed E-state index contributed by atoms with van der Waals surface area (Å²) in [6.07, 6.45) is 2.74. The van der Waals surface area contributed by atoms with Crippen LogP contribution in [0.4, 0.5) is 0 Å². The topological polar surface area (TPSA) is 109 Å². The molecule has 0 bridgehead atoms. The number of rotatable bonds is 2. The Balaban J connectivity index is -0.0000000413. The van der Waals surface area contributed by atoms with Crippen LogP contribution in [-0.2, 0) is 47.4 Å². The van der Waals surface area contributed by atoms with Crippen LogP contribution >= 0.6 is 0 Å². The first-order valence-corrected chi connectivity index (χ1v) is 4.91. The van der Waals surface area contributed by atoms with E-state index in [4.69, 9.17) is 28.0 Å². The van der Waals surface area contributed by atoms with Crippen LogP contribution in [-0.4, -0.2) is 11.2 Å². The van der Waals surface area contributed by atoms with E-state index in [2.05, 4.69) is 33.3 Å². The van der Waals surface area contributed by atoms with E-state index in [0.717, 1.165) is 5.92 Å². The average molecular weight is 408 g/mol. The van der Waals surface area contributed by atoms with Gasteiger partial charge in [-0.3, -0.25) is 0 Å². The summed E-state index contributed by atoms with van der Waals surface area (Å²) < 4.78 is 43.8. The van der Waals surface area contributed by atoms with Crippen molar-refractivity contribution in [3.05, 3.63) is 33.3 Å². The van der Waals surface area contributed by atoms with Crippen molar-refractivity contribution in [1.82, 2.24) is 0 Å². The van der Waals surface area contributed by atoms with Crippen molar-refractivity contribution < 1.29 is 47.4 Å². The van der Waals surface area contributed by atoms with Crippen molar-refractivity contribution in [1.29, 1.82) is 0 Å². The molecule has 0 unspecified atom stereocenters. The summed E-state index contributed by atoms with van der Waals surface area (Å²) in [6, 6.07) is 0. The van der Waals surface area contributed by atoms with Gasteiger partial charge in [0.15, 0.2) is 0 Å². The third-order valence-electron chi connectivity index (χ3n) is 1.11. The molecule has 0 spiro atoms. The zero-order valence-electron chi connectivity index (χ0n) is 8.85. The first-order valence-electron chi connectivity index (χ1n) is 3.44. The summed E-state index contributed by atoms with van der Waals surface area (Å²) in [5.74, 6) is 0.847. The molecule has 0 radical (unpaired) electrons. The normalized spacial score (nSPS) is 8.65. The SMILES string of the molecule is CO[C](=[W])C1CC1.[C-]#[O+].[C-]#[O+].[C-]#[O+].[C-]#[O+].[C-]#[O+]. The standard InChI is InChI=1S/C5H8O.5CO.W/c1-6-4-5-2-3-5;5*1-2;/h5H,2-3H2,1H3;;;;;;. The first kappa shape index (κ1) is 29.8. The van der Waals surface area contributed by atoms with Crippen LogP contribution < -0.4 is 0 Å². The second-order valence-corrected chi connectivity index (χ2v) is 3.24. The molecule has 1 saturated carbocycles. The van der Waals surface area contributed by atoms with Gasteiger partial charge in [0.05, 0.1) is 0 Å². The van der Waals surface area contributed by atoms with Gasteiger partial charge in [-0.1, -0.05) is 0 Å². The molecule has 0 heterocycles. The monoisotopic (exact) mass is 408 g/mol. The van der Waals surface area contributed by atoms with E-state index in [1.807, 2.05) is 0 Å². The first-order chi connectivity index (χ1) is 8.34. The van der Waals surface area contributed by atoms with E-state index in [1.54, 1.807) is 7.11 Å². The van der Waals surface area contributed by atoms with Crippen LogP contribution in [0.1, 0.15) is 12.8 Å². The molecule has 0 saturated heterocycles. The van der Waals surface area contributed by atoms with E-state index in [0.29, 0.717) is 0 Å². The molecule has 17 heavy (non-hydrogen) atoms. The van der Waals surface area contributed by atoms with Gasteiger partial charge in [-0.2, -0.15) is 0 Å². The fraction of sp³-hybridized carbons (Fsp3) is 0.400. The quantitative estimate of drug-likeness (QED) is 0.483. The summed E-state index contributed by atoms with van der Waals surface area (Å²) in [7, 11) is 1.76. The summed E-state index contributed by atoms with van der Waals surface area (Å²) >= 11 is 1.50. The Morgan fingerprint density at radius 3 is 1.18 bits per heavy atom. The molecule has 0 aliphatic heterocycles. The molecule has 0 aromatic rings. The molecule has 0 aromatic carbocycles. The van der Waals surface area contributed by atoms with Crippen LogP contribution in [0.2, 0.25) is 0 Å². The molecular weight excluding hydrogens is 400 g/mol. The van der Waals surface area contributed by atoms with Gasteiger partial charge in [-0.15, -0.1) is 0 Å². The van der Waals surface area contributed by atoms with E-state index in [9.17, 15) is 0 Å². The molecular formula is C10H8O6W. The average Bonchev–Trinajstić information content (AvgIpc) is 3.33. The second-order valence-electron chi connectivity index (χ2n) is 1.80. The second kappa shape index (κ2) is 45.6. The Labute approximate surface area is 111 Å². The van der Waals surface area contributed by atoms with Gasteiger partial charge in [-0.05, 0) is 0 Å². The van der Waals surface area contributed by atoms with E-state index >= 15 is 0 Å². The van der Waals surface area contributed by atoms with Gasteiger partial charge in [0.1, 0.15) is 0 Å². The predicted molar refractivity (Wildman–Crippen MR) is 44.4 cm³/mol. The van der Waals surface area contributed by atoms with E-state index in [1.165, 1.54) is 36.3 Å². The Bertz CT molecular complexity index is 211. The zero-order valence-corrected chi connectivity index (χ0v) is 11.8. The molecule has 1 rings (SSSR count). The third-order valence-corrected chi connectivity index (χ3v) is 2.91. The Kier molecular flexibility index (Phi) is 80.0. The molecule has 7 heteroatoms. The molecule has 90 valence electrons. The minimum atomic E-state index is 0.847. The molecule has 1 aliphatic rings.